The van der Waals surface area contributed by atoms with Crippen LogP contribution in [0.2, 0.25) is 0 Å². The highest BCUT2D eigenvalue weighted by Crippen LogP contribution is 2.29. The molecule has 0 radical (unpaired) electrons. The number of likely N-dealkylation sites (N-methyl/N-ethyl adjacent to an activating group) is 1. The van der Waals surface area contributed by atoms with Crippen LogP contribution in [0.4, 0.5) is 0 Å². The normalized spacial score (nSPS) is 19.7. The van der Waals surface area contributed by atoms with Gasteiger partial charge in [0, 0.05) is 35.6 Å². The summed E-state index contributed by atoms with van der Waals surface area (Å²) in [6.45, 7) is 1.29. The summed E-state index contributed by atoms with van der Waals surface area (Å²) in [5.41, 5.74) is 6.41. The van der Waals surface area contributed by atoms with Crippen molar-refractivity contribution < 1.29 is 13.7 Å². The van der Waals surface area contributed by atoms with Gasteiger partial charge in [0.05, 0.1) is 11.0 Å². The zero-order chi connectivity index (χ0) is 17.3. The van der Waals surface area contributed by atoms with E-state index in [1.54, 1.807) is 11.4 Å². The van der Waals surface area contributed by atoms with Gasteiger partial charge in [0.1, 0.15) is 16.7 Å². The van der Waals surface area contributed by atoms with E-state index >= 15 is 0 Å². The van der Waals surface area contributed by atoms with E-state index in [2.05, 4.69) is 20.9 Å². The van der Waals surface area contributed by atoms with Crippen LogP contribution in [0.25, 0.3) is 10.9 Å². The Labute approximate surface area is 151 Å². The van der Waals surface area contributed by atoms with Crippen molar-refractivity contribution >= 4 is 43.7 Å². The molecule has 1 amide bonds. The molecule has 0 saturated carbocycles. The number of hydrogen-bond acceptors (Lipinski definition) is 3. The predicted molar refractivity (Wildman–Crippen MR) is 97.1 cm³/mol. The number of H-pyrrole nitrogens is 1. The van der Waals surface area contributed by atoms with Gasteiger partial charge in [0.2, 0.25) is 0 Å². The highest BCUT2D eigenvalue weighted by molar-refractivity contribution is 9.10. The van der Waals surface area contributed by atoms with E-state index in [-0.39, 0.29) is 11.8 Å². The zero-order valence-electron chi connectivity index (χ0n) is 13.4. The second-order valence-corrected chi connectivity index (χ2v) is 8.38. The van der Waals surface area contributed by atoms with Crippen molar-refractivity contribution in [3.63, 3.8) is 0 Å². The van der Waals surface area contributed by atoms with Crippen molar-refractivity contribution in [1.29, 1.82) is 0 Å². The number of nitrogens with two attached hydrogens (primary N) is 1. The molecule has 2 unspecified atom stereocenters. The Hall–Kier alpha value is -1.22. The molecule has 2 aromatic rings. The maximum Gasteiger partial charge on any atom is 0.266 e. The number of ether oxygens (including phenoxy) is 1. The second-order valence-electron chi connectivity index (χ2n) is 5.93. The van der Waals surface area contributed by atoms with Gasteiger partial charge in [0.25, 0.3) is 5.91 Å². The second kappa shape index (κ2) is 7.35. The molecule has 24 heavy (non-hydrogen) atoms. The fraction of sp³-hybridized carbons (Fsp3) is 0.438. The lowest BCUT2D eigenvalue weighted by Gasteiger charge is -2.26. The molecule has 1 fully saturated rings. The Kier molecular flexibility index (Phi) is 5.39. The number of nitrogens with zero attached hydrogens (tertiary/aromatic N) is 1. The van der Waals surface area contributed by atoms with Crippen LogP contribution in [0.1, 0.15) is 29.8 Å². The van der Waals surface area contributed by atoms with Gasteiger partial charge in [0.15, 0.2) is 0 Å². The average Bonchev–Trinajstić information content (AvgIpc) is 2.93. The van der Waals surface area contributed by atoms with Crippen molar-refractivity contribution in [1.82, 2.24) is 9.29 Å². The largest absolute Gasteiger partial charge is 0.377 e. The monoisotopic (exact) mass is 413 g/mol. The summed E-state index contributed by atoms with van der Waals surface area (Å²) in [5, 5.41) is 0.730. The third kappa shape index (κ3) is 3.56. The van der Waals surface area contributed by atoms with Crippen LogP contribution < -0.4 is 5.73 Å². The Balaban J connectivity index is 1.94. The Morgan fingerprint density at radius 2 is 2.29 bits per heavy atom. The Morgan fingerprint density at radius 1 is 1.50 bits per heavy atom. The first-order valence-electron chi connectivity index (χ1n) is 7.83. The van der Waals surface area contributed by atoms with Gasteiger partial charge in [-0.2, -0.15) is 0 Å². The number of fused-ring (bicyclic) bond motifs is 1. The lowest BCUT2D eigenvalue weighted by molar-refractivity contribution is 0.00912. The van der Waals surface area contributed by atoms with Crippen LogP contribution in [0.5, 0.6) is 0 Å². The third-order valence-corrected chi connectivity index (χ3v) is 6.13. The summed E-state index contributed by atoms with van der Waals surface area (Å²) in [6.07, 6.45) is 3.23. The van der Waals surface area contributed by atoms with E-state index < -0.39 is 16.9 Å². The molecule has 2 atom stereocenters. The van der Waals surface area contributed by atoms with Crippen LogP contribution in [0.15, 0.2) is 27.6 Å². The first-order chi connectivity index (χ1) is 11.5. The number of halogens is 1. The molecule has 0 aliphatic carbocycles. The maximum absolute atomic E-state index is 13.1. The minimum absolute atomic E-state index is 0.0710. The smallest absolute Gasteiger partial charge is 0.266 e. The first-order valence-corrected chi connectivity index (χ1v) is 9.73. The maximum atomic E-state index is 13.1. The summed E-state index contributed by atoms with van der Waals surface area (Å²) in [7, 11) is 0.260. The van der Waals surface area contributed by atoms with Gasteiger partial charge >= 0.3 is 0 Å². The number of rotatable bonds is 5. The number of aromatic amines is 1. The summed E-state index contributed by atoms with van der Waals surface area (Å²) in [6, 6.07) is 5.53. The van der Waals surface area contributed by atoms with Crippen LogP contribution >= 0.6 is 15.9 Å². The van der Waals surface area contributed by atoms with Crippen LogP contribution in [0, 0.1) is 0 Å². The predicted octanol–water partition coefficient (Wildman–Crippen LogP) is 2.55. The summed E-state index contributed by atoms with van der Waals surface area (Å²) >= 11 is 3.42. The first kappa shape index (κ1) is 17.6. The fourth-order valence-corrected chi connectivity index (χ4v) is 4.61. The van der Waals surface area contributed by atoms with Gasteiger partial charge in [-0.25, -0.2) is 8.51 Å². The lowest BCUT2D eigenvalue weighted by Crippen LogP contribution is -2.35. The molecule has 6 nitrogen and oxygen atoms in total. The number of benzene rings is 1. The lowest BCUT2D eigenvalue weighted by atomic mass is 10.1. The van der Waals surface area contributed by atoms with E-state index in [1.165, 1.54) is 0 Å². The van der Waals surface area contributed by atoms with Crippen molar-refractivity contribution in [3.8, 4) is 0 Å². The molecular formula is C16H20BrN3O3S. The number of hydrogen-bond donors (Lipinski definition) is 2. The molecule has 1 saturated heterocycles. The summed E-state index contributed by atoms with van der Waals surface area (Å²) in [4.78, 5) is 15.2. The minimum atomic E-state index is -1.51. The number of nitrogens with one attached hydrogen (secondary N) is 1. The number of carbonyl (C=O) groups is 1. The van der Waals surface area contributed by atoms with Crippen LogP contribution in [-0.2, 0) is 15.7 Å². The molecule has 2 heterocycles. The number of primary amides is 1. The standard InChI is InChI=1S/C16H20BrN3O3S/c1-20(9-11-4-2-3-7-23-11)24(22)15-12-8-10(17)5-6-13(12)19-14(15)16(18)21/h5-6,8,11,19H,2-4,7,9H2,1H3,(H2,18,21). The van der Waals surface area contributed by atoms with E-state index in [0.29, 0.717) is 11.4 Å². The molecule has 8 heteroatoms. The fourth-order valence-electron chi connectivity index (χ4n) is 2.96. The number of amides is 1. The molecule has 1 aliphatic heterocycles. The van der Waals surface area contributed by atoms with E-state index in [9.17, 15) is 9.00 Å². The Bertz CT molecular complexity index is 786. The molecule has 0 bridgehead atoms. The highest BCUT2D eigenvalue weighted by Gasteiger charge is 2.26. The SMILES string of the molecule is CN(CC1CCCCO1)S(=O)c1c(C(N)=O)[nH]c2ccc(Br)cc12. The van der Waals surface area contributed by atoms with Crippen molar-refractivity contribution in [2.75, 3.05) is 20.2 Å². The van der Waals surface area contributed by atoms with Crippen LogP contribution in [-0.4, -0.2) is 45.7 Å². The van der Waals surface area contributed by atoms with Gasteiger partial charge in [-0.15, -0.1) is 0 Å². The molecule has 3 rings (SSSR count). The quantitative estimate of drug-likeness (QED) is 0.788. The van der Waals surface area contributed by atoms with Crippen molar-refractivity contribution in [2.24, 2.45) is 5.73 Å². The van der Waals surface area contributed by atoms with Crippen molar-refractivity contribution in [3.05, 3.63) is 28.4 Å². The molecule has 1 aromatic carbocycles. The third-order valence-electron chi connectivity index (χ3n) is 4.15. The van der Waals surface area contributed by atoms with Gasteiger partial charge in [-0.05, 0) is 37.5 Å². The van der Waals surface area contributed by atoms with Crippen LogP contribution in [0.3, 0.4) is 0 Å². The minimum Gasteiger partial charge on any atom is -0.377 e. The number of aromatic nitrogens is 1. The highest BCUT2D eigenvalue weighted by atomic mass is 79.9. The molecule has 1 aliphatic rings. The molecule has 130 valence electrons. The molecule has 0 spiro atoms. The number of carbonyl (C=O) groups excluding carboxylic acids is 1. The van der Waals surface area contributed by atoms with E-state index in [1.807, 2.05) is 18.2 Å². The average molecular weight is 414 g/mol. The topological polar surface area (TPSA) is 88.4 Å². The zero-order valence-corrected chi connectivity index (χ0v) is 15.8. The summed E-state index contributed by atoms with van der Waals surface area (Å²) < 4.78 is 21.3. The molecule has 1 aromatic heterocycles. The van der Waals surface area contributed by atoms with E-state index in [0.717, 1.165) is 41.2 Å². The van der Waals surface area contributed by atoms with Gasteiger partial charge in [-0.3, -0.25) is 4.79 Å². The summed E-state index contributed by atoms with van der Waals surface area (Å²) in [5.74, 6) is -0.618. The van der Waals surface area contributed by atoms with E-state index in [4.69, 9.17) is 10.5 Å². The Morgan fingerprint density at radius 3 is 2.96 bits per heavy atom. The molecule has 3 N–H and O–H groups in total. The van der Waals surface area contributed by atoms with Crippen molar-refractivity contribution in [2.45, 2.75) is 30.3 Å². The van der Waals surface area contributed by atoms with Gasteiger partial charge < -0.3 is 15.5 Å². The molecular weight excluding hydrogens is 394 g/mol. The van der Waals surface area contributed by atoms with Gasteiger partial charge in [-0.1, -0.05) is 15.9 Å².